The average Bonchev–Trinajstić information content (AvgIpc) is 2.60. The lowest BCUT2D eigenvalue weighted by molar-refractivity contribution is -0.227. The Kier molecular flexibility index (Phi) is 8.36. The number of halogens is 3. The van der Waals surface area contributed by atoms with Gasteiger partial charge in [0.05, 0.1) is 6.07 Å². The Hall–Kier alpha value is -3.37. The molecule has 172 valence electrons. The van der Waals surface area contributed by atoms with E-state index >= 15 is 0 Å². The Labute approximate surface area is 173 Å². The van der Waals surface area contributed by atoms with Crippen LogP contribution in [-0.2, 0) is 42.9 Å². The molecule has 0 aromatic rings. The van der Waals surface area contributed by atoms with E-state index in [4.69, 9.17) is 18.9 Å². The number of likely N-dealkylation sites (tertiary alicyclic amines) is 1. The Morgan fingerprint density at radius 1 is 0.839 bits per heavy atom. The lowest BCUT2D eigenvalue weighted by atomic mass is 9.87. The first-order valence-electron chi connectivity index (χ1n) is 8.64. The lowest BCUT2D eigenvalue weighted by Crippen LogP contribution is -2.72. The minimum Gasteiger partial charge on any atom is -0.464 e. The smallest absolute Gasteiger partial charge is 0.464 e. The highest BCUT2D eigenvalue weighted by atomic mass is 19.4. The molecule has 0 aromatic carbocycles. The van der Waals surface area contributed by atoms with Crippen molar-refractivity contribution in [3.05, 3.63) is 0 Å². The maximum atomic E-state index is 13.3. The largest absolute Gasteiger partial charge is 0.471 e. The molecule has 0 bridgehead atoms. The highest BCUT2D eigenvalue weighted by Crippen LogP contribution is 2.34. The summed E-state index contributed by atoms with van der Waals surface area (Å²) in [5.74, 6) is -6.67. The van der Waals surface area contributed by atoms with Crippen molar-refractivity contribution in [3.8, 4) is 6.07 Å². The number of amides is 1. The second-order valence-corrected chi connectivity index (χ2v) is 6.38. The van der Waals surface area contributed by atoms with Crippen LogP contribution in [-0.4, -0.2) is 77.9 Å². The molecule has 0 N–H and O–H groups in total. The zero-order valence-electron chi connectivity index (χ0n) is 16.8. The van der Waals surface area contributed by atoms with Crippen LogP contribution in [0.15, 0.2) is 0 Å². The Morgan fingerprint density at radius 2 is 1.29 bits per heavy atom. The van der Waals surface area contributed by atoms with E-state index in [-0.39, 0.29) is 4.90 Å². The van der Waals surface area contributed by atoms with E-state index < -0.39 is 73.0 Å². The molecule has 1 rings (SSSR count). The number of nitrogens with zero attached hydrogens (tertiary/aromatic N) is 2. The topological polar surface area (TPSA) is 149 Å². The van der Waals surface area contributed by atoms with E-state index in [0.29, 0.717) is 0 Å². The Morgan fingerprint density at radius 3 is 1.68 bits per heavy atom. The summed E-state index contributed by atoms with van der Waals surface area (Å²) < 4.78 is 59.4. The number of piperidine rings is 1. The van der Waals surface area contributed by atoms with Crippen molar-refractivity contribution in [2.75, 3.05) is 6.61 Å². The molecule has 11 nitrogen and oxygen atoms in total. The molecule has 31 heavy (non-hydrogen) atoms. The van der Waals surface area contributed by atoms with Crippen molar-refractivity contribution >= 4 is 29.8 Å². The first-order chi connectivity index (χ1) is 14.2. The zero-order valence-corrected chi connectivity index (χ0v) is 16.8. The predicted octanol–water partition coefficient (Wildman–Crippen LogP) is 0.00988. The van der Waals surface area contributed by atoms with E-state index in [1.165, 1.54) is 6.07 Å². The summed E-state index contributed by atoms with van der Waals surface area (Å²) >= 11 is 0. The molecular formula is C17H19F3N2O9. The Balaban J connectivity index is 3.72. The summed E-state index contributed by atoms with van der Waals surface area (Å²) in [7, 11) is 0. The number of ether oxygens (including phenoxy) is 4. The van der Waals surface area contributed by atoms with Crippen LogP contribution >= 0.6 is 0 Å². The molecule has 1 saturated heterocycles. The van der Waals surface area contributed by atoms with Crippen LogP contribution in [0.2, 0.25) is 0 Å². The number of alkyl halides is 3. The van der Waals surface area contributed by atoms with Crippen LogP contribution in [0.3, 0.4) is 0 Å². The SMILES string of the molecule is CC(=O)OC[C@@H]1[C@@H](OC(C)=O)[C@H](OC(C)=O)[C@@H](OC(C)=O)[C@@H](C#N)N1C(=O)C(F)(F)F. The van der Waals surface area contributed by atoms with Gasteiger partial charge in [-0.1, -0.05) is 0 Å². The van der Waals surface area contributed by atoms with Gasteiger partial charge >= 0.3 is 36.0 Å². The fraction of sp³-hybridized carbons (Fsp3) is 0.647. The molecule has 1 aliphatic heterocycles. The third-order valence-corrected chi connectivity index (χ3v) is 3.97. The first kappa shape index (κ1) is 25.7. The van der Waals surface area contributed by atoms with Gasteiger partial charge in [0.1, 0.15) is 12.6 Å². The quantitative estimate of drug-likeness (QED) is 0.412. The standard InChI is InChI=1S/C17H19F3N2O9/c1-7(23)28-6-12-14(30-9(3)25)15(31-10(4)26)13(29-8(2)24)11(5-21)22(12)16(27)17(18,19)20/h11-15H,6H2,1-4H3/t11-,12-,13+,14-,15-/m1/s1. The Bertz CT molecular complexity index is 793. The van der Waals surface area contributed by atoms with Crippen molar-refractivity contribution < 1.29 is 56.1 Å². The van der Waals surface area contributed by atoms with E-state index in [9.17, 15) is 42.4 Å². The molecule has 0 radical (unpaired) electrons. The van der Waals surface area contributed by atoms with Gasteiger partial charge in [0.25, 0.3) is 0 Å². The molecule has 1 aliphatic rings. The van der Waals surface area contributed by atoms with Gasteiger partial charge in [-0.05, 0) is 0 Å². The van der Waals surface area contributed by atoms with Crippen molar-refractivity contribution in [1.82, 2.24) is 4.90 Å². The molecule has 5 atom stereocenters. The summed E-state index contributed by atoms with van der Waals surface area (Å²) in [6.07, 6.45) is -11.1. The van der Waals surface area contributed by atoms with E-state index in [1.807, 2.05) is 0 Å². The van der Waals surface area contributed by atoms with E-state index in [0.717, 1.165) is 27.7 Å². The van der Waals surface area contributed by atoms with Crippen molar-refractivity contribution in [2.24, 2.45) is 0 Å². The van der Waals surface area contributed by atoms with E-state index in [2.05, 4.69) is 0 Å². The van der Waals surface area contributed by atoms with Crippen LogP contribution in [0.25, 0.3) is 0 Å². The molecule has 14 heteroatoms. The third-order valence-electron chi connectivity index (χ3n) is 3.97. The number of rotatable bonds is 5. The molecule has 1 fully saturated rings. The predicted molar refractivity (Wildman–Crippen MR) is 89.4 cm³/mol. The number of carbonyl (C=O) groups excluding carboxylic acids is 5. The van der Waals surface area contributed by atoms with Crippen molar-refractivity contribution in [1.29, 1.82) is 5.26 Å². The fourth-order valence-electron chi connectivity index (χ4n) is 3.03. The second kappa shape index (κ2) is 10.1. The second-order valence-electron chi connectivity index (χ2n) is 6.38. The molecule has 1 amide bonds. The summed E-state index contributed by atoms with van der Waals surface area (Å²) in [5, 5.41) is 9.52. The van der Waals surface area contributed by atoms with Gasteiger partial charge in [0.2, 0.25) is 0 Å². The van der Waals surface area contributed by atoms with Crippen LogP contribution in [0.1, 0.15) is 27.7 Å². The van der Waals surface area contributed by atoms with Gasteiger partial charge in [0.15, 0.2) is 24.4 Å². The van der Waals surface area contributed by atoms with Gasteiger partial charge in [-0.2, -0.15) is 18.4 Å². The summed E-state index contributed by atoms with van der Waals surface area (Å²) in [5.41, 5.74) is 0. The third kappa shape index (κ3) is 6.56. The van der Waals surface area contributed by atoms with Gasteiger partial charge in [-0.25, -0.2) is 0 Å². The van der Waals surface area contributed by atoms with Gasteiger partial charge in [-0.15, -0.1) is 0 Å². The molecule has 0 spiro atoms. The van der Waals surface area contributed by atoms with Crippen LogP contribution in [0.5, 0.6) is 0 Å². The minimum absolute atomic E-state index is 0.0514. The monoisotopic (exact) mass is 452 g/mol. The van der Waals surface area contributed by atoms with Crippen molar-refractivity contribution in [3.63, 3.8) is 0 Å². The average molecular weight is 452 g/mol. The first-order valence-corrected chi connectivity index (χ1v) is 8.64. The molecule has 0 aromatic heterocycles. The normalized spacial score (nSPS) is 25.6. The highest BCUT2D eigenvalue weighted by molar-refractivity contribution is 5.83. The van der Waals surface area contributed by atoms with Gasteiger partial charge < -0.3 is 23.8 Å². The molecule has 1 heterocycles. The van der Waals surface area contributed by atoms with Gasteiger partial charge in [0, 0.05) is 27.7 Å². The van der Waals surface area contributed by atoms with Crippen molar-refractivity contribution in [2.45, 2.75) is 64.3 Å². The molecule has 0 unspecified atom stereocenters. The number of hydrogen-bond acceptors (Lipinski definition) is 10. The summed E-state index contributed by atoms with van der Waals surface area (Å²) in [6, 6.07) is -2.62. The molecule has 0 aliphatic carbocycles. The minimum atomic E-state index is -5.50. The number of nitriles is 1. The maximum absolute atomic E-state index is 13.3. The highest BCUT2D eigenvalue weighted by Gasteiger charge is 2.60. The number of hydrogen-bond donors (Lipinski definition) is 0. The van der Waals surface area contributed by atoms with Crippen LogP contribution in [0, 0.1) is 11.3 Å². The maximum Gasteiger partial charge on any atom is 0.471 e. The zero-order chi connectivity index (χ0) is 24.1. The van der Waals surface area contributed by atoms with E-state index in [1.54, 1.807) is 0 Å². The van der Waals surface area contributed by atoms with Crippen LogP contribution < -0.4 is 0 Å². The lowest BCUT2D eigenvalue weighted by Gasteiger charge is -2.48. The molecular weight excluding hydrogens is 433 g/mol. The molecule has 0 saturated carbocycles. The van der Waals surface area contributed by atoms with Gasteiger partial charge in [-0.3, -0.25) is 24.0 Å². The number of esters is 4. The van der Waals surface area contributed by atoms with Crippen LogP contribution in [0.4, 0.5) is 13.2 Å². The number of carbonyl (C=O) groups is 5. The fourth-order valence-corrected chi connectivity index (χ4v) is 3.03. The summed E-state index contributed by atoms with van der Waals surface area (Å²) in [4.78, 5) is 58.1. The summed E-state index contributed by atoms with van der Waals surface area (Å²) in [6.45, 7) is 2.62.